The van der Waals surface area contributed by atoms with Crippen LogP contribution in [0.5, 0.6) is 0 Å². The molecule has 1 fully saturated rings. The summed E-state index contributed by atoms with van der Waals surface area (Å²) in [6, 6.07) is -0.158. The lowest BCUT2D eigenvalue weighted by molar-refractivity contribution is -0.144. The minimum atomic E-state index is -0.835. The second kappa shape index (κ2) is 8.39. The fraction of sp³-hybridized carbons (Fsp3) is 0.769. The van der Waals surface area contributed by atoms with Gasteiger partial charge in [0.05, 0.1) is 6.61 Å². The van der Waals surface area contributed by atoms with E-state index >= 15 is 0 Å². The van der Waals surface area contributed by atoms with Gasteiger partial charge in [-0.2, -0.15) is 0 Å². The molecule has 7 heteroatoms. The standard InChI is InChI=1S/C13H22N2O5/c1-2-20-12(18)9-15(10-6-7-10)13(19)14-8-4-3-5-11(16)17/h10H,2-9H2,1H3,(H,14,19)(H,16,17). The highest BCUT2D eigenvalue weighted by molar-refractivity contribution is 5.81. The maximum Gasteiger partial charge on any atom is 0.325 e. The number of nitrogens with one attached hydrogen (secondary N) is 1. The van der Waals surface area contributed by atoms with Gasteiger partial charge in [0.25, 0.3) is 0 Å². The SMILES string of the molecule is CCOC(=O)CN(C(=O)NCCCCC(=O)O)C1CC1. The van der Waals surface area contributed by atoms with E-state index in [1.807, 2.05) is 0 Å². The molecule has 0 atom stereocenters. The number of carbonyl (C=O) groups excluding carboxylic acids is 2. The van der Waals surface area contributed by atoms with Gasteiger partial charge in [-0.3, -0.25) is 9.59 Å². The number of unbranched alkanes of at least 4 members (excludes halogenated alkanes) is 1. The van der Waals surface area contributed by atoms with E-state index in [0.29, 0.717) is 26.0 Å². The zero-order valence-corrected chi connectivity index (χ0v) is 11.8. The third-order valence-electron chi connectivity index (χ3n) is 2.95. The number of aliphatic carboxylic acids is 1. The lowest BCUT2D eigenvalue weighted by Crippen LogP contribution is -2.44. The Morgan fingerprint density at radius 1 is 1.30 bits per heavy atom. The molecule has 0 heterocycles. The summed E-state index contributed by atoms with van der Waals surface area (Å²) in [6.07, 6.45) is 3.05. The number of rotatable bonds is 9. The summed E-state index contributed by atoms with van der Waals surface area (Å²) in [5.41, 5.74) is 0. The predicted octanol–water partition coefficient (Wildman–Crippen LogP) is 0.978. The van der Waals surface area contributed by atoms with E-state index in [0.717, 1.165) is 12.8 Å². The van der Waals surface area contributed by atoms with E-state index in [4.69, 9.17) is 9.84 Å². The largest absolute Gasteiger partial charge is 0.481 e. The van der Waals surface area contributed by atoms with Gasteiger partial charge in [-0.25, -0.2) is 4.79 Å². The Morgan fingerprint density at radius 3 is 2.55 bits per heavy atom. The van der Waals surface area contributed by atoms with E-state index in [1.54, 1.807) is 6.92 Å². The average molecular weight is 286 g/mol. The summed E-state index contributed by atoms with van der Waals surface area (Å²) in [6.45, 7) is 2.41. The molecule has 1 aliphatic carbocycles. The first-order valence-electron chi connectivity index (χ1n) is 6.96. The number of ether oxygens (including phenoxy) is 1. The highest BCUT2D eigenvalue weighted by Crippen LogP contribution is 2.26. The van der Waals surface area contributed by atoms with Crippen LogP contribution in [-0.2, 0) is 14.3 Å². The Balaban J connectivity index is 2.26. The zero-order valence-electron chi connectivity index (χ0n) is 11.8. The quantitative estimate of drug-likeness (QED) is 0.486. The van der Waals surface area contributed by atoms with Crippen molar-refractivity contribution in [2.75, 3.05) is 19.7 Å². The molecule has 2 N–H and O–H groups in total. The summed E-state index contributed by atoms with van der Waals surface area (Å²) in [7, 11) is 0. The van der Waals surface area contributed by atoms with Crippen LogP contribution in [0.3, 0.4) is 0 Å². The van der Waals surface area contributed by atoms with E-state index in [9.17, 15) is 14.4 Å². The molecule has 7 nitrogen and oxygen atoms in total. The normalized spacial score (nSPS) is 13.7. The number of carboxylic acids is 1. The molecule has 0 aliphatic heterocycles. The Kier molecular flexibility index (Phi) is 6.83. The number of hydrogen-bond donors (Lipinski definition) is 2. The Hall–Kier alpha value is -1.79. The predicted molar refractivity (Wildman–Crippen MR) is 71.2 cm³/mol. The molecular weight excluding hydrogens is 264 g/mol. The number of urea groups is 1. The molecule has 0 bridgehead atoms. The van der Waals surface area contributed by atoms with Gasteiger partial charge in [-0.05, 0) is 32.6 Å². The maximum absolute atomic E-state index is 12.0. The fourth-order valence-corrected chi connectivity index (χ4v) is 1.80. The lowest BCUT2D eigenvalue weighted by atomic mass is 10.2. The third kappa shape index (κ3) is 6.40. The van der Waals surface area contributed by atoms with Crippen molar-refractivity contribution in [1.29, 1.82) is 0 Å². The van der Waals surface area contributed by atoms with Crippen molar-refractivity contribution >= 4 is 18.0 Å². The molecule has 0 aromatic heterocycles. The fourth-order valence-electron chi connectivity index (χ4n) is 1.80. The Bertz CT molecular complexity index is 355. The number of amides is 2. The molecule has 114 valence electrons. The molecule has 1 rings (SSSR count). The van der Waals surface area contributed by atoms with Crippen molar-refractivity contribution < 1.29 is 24.2 Å². The van der Waals surface area contributed by atoms with Gasteiger partial charge in [0.2, 0.25) is 0 Å². The van der Waals surface area contributed by atoms with Gasteiger partial charge in [0.1, 0.15) is 6.54 Å². The van der Waals surface area contributed by atoms with Crippen LogP contribution in [0.25, 0.3) is 0 Å². The lowest BCUT2D eigenvalue weighted by Gasteiger charge is -2.21. The first-order chi connectivity index (χ1) is 9.54. The van der Waals surface area contributed by atoms with Crippen molar-refractivity contribution in [2.45, 2.75) is 45.1 Å². The number of esters is 1. The summed E-state index contributed by atoms with van der Waals surface area (Å²) in [5, 5.41) is 11.2. The molecule has 1 saturated carbocycles. The topological polar surface area (TPSA) is 95.9 Å². The van der Waals surface area contributed by atoms with Crippen molar-refractivity contribution in [3.63, 3.8) is 0 Å². The van der Waals surface area contributed by atoms with Crippen LogP contribution < -0.4 is 5.32 Å². The van der Waals surface area contributed by atoms with E-state index in [1.165, 1.54) is 4.90 Å². The summed E-state index contributed by atoms with van der Waals surface area (Å²) >= 11 is 0. The summed E-state index contributed by atoms with van der Waals surface area (Å²) in [5.74, 6) is -1.24. The van der Waals surface area contributed by atoms with Gasteiger partial charge >= 0.3 is 18.0 Å². The van der Waals surface area contributed by atoms with Gasteiger partial charge < -0.3 is 20.1 Å². The van der Waals surface area contributed by atoms with Gasteiger partial charge in [-0.15, -0.1) is 0 Å². The van der Waals surface area contributed by atoms with Crippen LogP contribution in [0, 0.1) is 0 Å². The van der Waals surface area contributed by atoms with Gasteiger partial charge in [0.15, 0.2) is 0 Å². The number of carboxylic acid groups (broad SMARTS) is 1. The molecule has 0 aromatic carbocycles. The van der Waals surface area contributed by atoms with Crippen LogP contribution in [0.2, 0.25) is 0 Å². The average Bonchev–Trinajstić information content (AvgIpc) is 3.19. The third-order valence-corrected chi connectivity index (χ3v) is 2.95. The maximum atomic E-state index is 12.0. The Labute approximate surface area is 118 Å². The van der Waals surface area contributed by atoms with E-state index in [2.05, 4.69) is 5.32 Å². The van der Waals surface area contributed by atoms with Crippen LogP contribution in [0.4, 0.5) is 4.79 Å². The molecular formula is C13H22N2O5. The zero-order chi connectivity index (χ0) is 15.0. The molecule has 0 aromatic rings. The monoisotopic (exact) mass is 286 g/mol. The van der Waals surface area contributed by atoms with Crippen LogP contribution in [-0.4, -0.2) is 53.7 Å². The van der Waals surface area contributed by atoms with Crippen molar-refractivity contribution in [3.8, 4) is 0 Å². The number of hydrogen-bond acceptors (Lipinski definition) is 4. The highest BCUT2D eigenvalue weighted by Gasteiger charge is 2.34. The summed E-state index contributed by atoms with van der Waals surface area (Å²) in [4.78, 5) is 35.2. The second-order valence-corrected chi connectivity index (χ2v) is 4.75. The van der Waals surface area contributed by atoms with E-state index < -0.39 is 11.9 Å². The van der Waals surface area contributed by atoms with E-state index in [-0.39, 0.29) is 25.0 Å². The highest BCUT2D eigenvalue weighted by atomic mass is 16.5. The van der Waals surface area contributed by atoms with Crippen molar-refractivity contribution in [1.82, 2.24) is 10.2 Å². The molecule has 0 unspecified atom stereocenters. The minimum absolute atomic E-state index is 0.0283. The second-order valence-electron chi connectivity index (χ2n) is 4.75. The van der Waals surface area contributed by atoms with Crippen LogP contribution in [0.15, 0.2) is 0 Å². The number of nitrogens with zero attached hydrogens (tertiary/aromatic N) is 1. The van der Waals surface area contributed by atoms with Gasteiger partial charge in [0, 0.05) is 19.0 Å². The van der Waals surface area contributed by atoms with Gasteiger partial charge in [-0.1, -0.05) is 0 Å². The molecule has 1 aliphatic rings. The van der Waals surface area contributed by atoms with Crippen molar-refractivity contribution in [3.05, 3.63) is 0 Å². The molecule has 0 saturated heterocycles. The van der Waals surface area contributed by atoms with Crippen molar-refractivity contribution in [2.24, 2.45) is 0 Å². The van der Waals surface area contributed by atoms with Crippen LogP contribution in [0.1, 0.15) is 39.0 Å². The molecule has 2 amide bonds. The molecule has 20 heavy (non-hydrogen) atoms. The number of carbonyl (C=O) groups is 3. The minimum Gasteiger partial charge on any atom is -0.481 e. The molecule has 0 radical (unpaired) electrons. The molecule has 0 spiro atoms. The van der Waals surface area contributed by atoms with Crippen LogP contribution >= 0.6 is 0 Å². The first kappa shape index (κ1) is 16.3. The smallest absolute Gasteiger partial charge is 0.325 e. The summed E-state index contributed by atoms with van der Waals surface area (Å²) < 4.78 is 4.84. The first-order valence-corrected chi connectivity index (χ1v) is 6.96. The Morgan fingerprint density at radius 2 is 2.00 bits per heavy atom.